The number of carbonyl (C=O) groups is 1. The van der Waals surface area contributed by atoms with E-state index in [1.54, 1.807) is 7.11 Å². The standard InChI is InChI=1S/C30H27N5O2/c1-21-26-20-34(30(36)31-23-13-9-16-25(19-23)37-2)28(22-11-5-3-6-12-22)27-17-10-18-33(27)29(26)35(32-21)24-14-7-4-8-15-24/h3-19,28H,20H2,1-2H3,(H,31,36). The Morgan fingerprint density at radius 2 is 1.70 bits per heavy atom. The first-order valence-corrected chi connectivity index (χ1v) is 12.2. The van der Waals surface area contributed by atoms with Crippen LogP contribution in [0, 0.1) is 6.92 Å². The Kier molecular flexibility index (Phi) is 5.73. The molecule has 0 radical (unpaired) electrons. The zero-order valence-electron chi connectivity index (χ0n) is 20.7. The number of nitrogens with one attached hydrogen (secondary N) is 1. The number of amides is 2. The second-order valence-corrected chi connectivity index (χ2v) is 9.04. The lowest BCUT2D eigenvalue weighted by Gasteiger charge is -2.31. The van der Waals surface area contributed by atoms with E-state index in [-0.39, 0.29) is 12.1 Å². The number of methoxy groups -OCH3 is 1. The molecule has 0 spiro atoms. The van der Waals surface area contributed by atoms with Crippen LogP contribution in [0.15, 0.2) is 103 Å². The van der Waals surface area contributed by atoms with Crippen molar-refractivity contribution in [3.05, 3.63) is 126 Å². The van der Waals surface area contributed by atoms with Crippen LogP contribution in [-0.4, -0.2) is 32.4 Å². The third-order valence-corrected chi connectivity index (χ3v) is 6.78. The lowest BCUT2D eigenvalue weighted by Crippen LogP contribution is -2.38. The minimum atomic E-state index is -0.308. The number of urea groups is 1. The SMILES string of the molecule is COc1cccc(NC(=O)N2Cc3c(C)nn(-c4ccccc4)c3-n3cccc3C2c2ccccc2)c1. The van der Waals surface area contributed by atoms with Gasteiger partial charge in [-0.3, -0.25) is 0 Å². The maximum Gasteiger partial charge on any atom is 0.322 e. The summed E-state index contributed by atoms with van der Waals surface area (Å²) in [5.41, 5.74) is 5.55. The second kappa shape index (κ2) is 9.35. The molecule has 7 nitrogen and oxygen atoms in total. The number of fused-ring (bicyclic) bond motifs is 3. The molecule has 0 saturated heterocycles. The summed E-state index contributed by atoms with van der Waals surface area (Å²) in [4.78, 5) is 15.9. The Morgan fingerprint density at radius 3 is 2.46 bits per heavy atom. The van der Waals surface area contributed by atoms with Crippen molar-refractivity contribution in [3.8, 4) is 17.3 Å². The molecular weight excluding hydrogens is 462 g/mol. The molecule has 1 unspecified atom stereocenters. The Morgan fingerprint density at radius 1 is 0.946 bits per heavy atom. The fourth-order valence-electron chi connectivity index (χ4n) is 5.03. The molecule has 3 heterocycles. The first kappa shape index (κ1) is 22.7. The van der Waals surface area contributed by atoms with Gasteiger partial charge in [-0.05, 0) is 48.9 Å². The molecule has 2 amide bonds. The molecule has 0 bridgehead atoms. The van der Waals surface area contributed by atoms with Gasteiger partial charge in [0.05, 0.1) is 36.8 Å². The molecule has 0 aliphatic carbocycles. The zero-order valence-corrected chi connectivity index (χ0v) is 20.7. The van der Waals surface area contributed by atoms with Gasteiger partial charge in [0.2, 0.25) is 0 Å². The fraction of sp³-hybridized carbons (Fsp3) is 0.133. The third kappa shape index (κ3) is 4.04. The molecule has 6 rings (SSSR count). The Hall–Kier alpha value is -4.78. The number of aryl methyl sites for hydroxylation is 1. The van der Waals surface area contributed by atoms with Gasteiger partial charge in [-0.2, -0.15) is 5.10 Å². The average Bonchev–Trinajstić information content (AvgIpc) is 3.50. The molecule has 3 aromatic carbocycles. The van der Waals surface area contributed by atoms with Crippen molar-refractivity contribution in [1.82, 2.24) is 19.2 Å². The highest BCUT2D eigenvalue weighted by atomic mass is 16.5. The molecule has 0 fully saturated rings. The number of para-hydroxylation sites is 1. The summed E-state index contributed by atoms with van der Waals surface area (Å²) in [6, 6.07) is 31.2. The number of benzene rings is 3. The molecule has 5 aromatic rings. The minimum absolute atomic E-state index is 0.199. The van der Waals surface area contributed by atoms with Crippen molar-refractivity contribution in [2.24, 2.45) is 0 Å². The van der Waals surface area contributed by atoms with Crippen LogP contribution >= 0.6 is 0 Å². The lowest BCUT2D eigenvalue weighted by atomic mass is 10.0. The van der Waals surface area contributed by atoms with E-state index in [1.807, 2.05) is 102 Å². The molecule has 7 heteroatoms. The van der Waals surface area contributed by atoms with Crippen LogP contribution in [-0.2, 0) is 6.54 Å². The summed E-state index contributed by atoms with van der Waals surface area (Å²) in [5.74, 6) is 1.63. The highest BCUT2D eigenvalue weighted by molar-refractivity contribution is 5.90. The number of ether oxygens (including phenoxy) is 1. The smallest absolute Gasteiger partial charge is 0.322 e. The zero-order chi connectivity index (χ0) is 25.4. The van der Waals surface area contributed by atoms with Crippen LogP contribution in [0.2, 0.25) is 0 Å². The van der Waals surface area contributed by atoms with E-state index in [1.165, 1.54) is 0 Å². The molecule has 1 aliphatic rings. The van der Waals surface area contributed by atoms with E-state index in [4.69, 9.17) is 9.84 Å². The second-order valence-electron chi connectivity index (χ2n) is 9.04. The predicted octanol–water partition coefficient (Wildman–Crippen LogP) is 6.12. The van der Waals surface area contributed by atoms with E-state index in [9.17, 15) is 4.79 Å². The van der Waals surface area contributed by atoms with E-state index >= 15 is 0 Å². The van der Waals surface area contributed by atoms with Gasteiger partial charge >= 0.3 is 6.03 Å². The largest absolute Gasteiger partial charge is 0.497 e. The Bertz CT molecular complexity index is 1560. The van der Waals surface area contributed by atoms with Gasteiger partial charge in [0.15, 0.2) is 0 Å². The van der Waals surface area contributed by atoms with E-state index in [0.717, 1.165) is 34.0 Å². The lowest BCUT2D eigenvalue weighted by molar-refractivity contribution is 0.194. The first-order chi connectivity index (χ1) is 18.1. The predicted molar refractivity (Wildman–Crippen MR) is 143 cm³/mol. The van der Waals surface area contributed by atoms with Gasteiger partial charge in [-0.25, -0.2) is 9.48 Å². The monoisotopic (exact) mass is 489 g/mol. The highest BCUT2D eigenvalue weighted by Crippen LogP contribution is 2.38. The van der Waals surface area contributed by atoms with Crippen LogP contribution in [0.25, 0.3) is 11.5 Å². The van der Waals surface area contributed by atoms with Crippen LogP contribution in [0.3, 0.4) is 0 Å². The summed E-state index contributed by atoms with van der Waals surface area (Å²) in [5, 5.41) is 8.00. The topological polar surface area (TPSA) is 64.3 Å². The average molecular weight is 490 g/mol. The molecule has 1 aliphatic heterocycles. The van der Waals surface area contributed by atoms with Gasteiger partial charge in [0.25, 0.3) is 0 Å². The van der Waals surface area contributed by atoms with Gasteiger partial charge < -0.3 is 19.5 Å². The number of nitrogens with zero attached hydrogens (tertiary/aromatic N) is 4. The maximum absolute atomic E-state index is 14.0. The molecule has 1 N–H and O–H groups in total. The van der Waals surface area contributed by atoms with Crippen LogP contribution < -0.4 is 10.1 Å². The van der Waals surface area contributed by atoms with E-state index in [0.29, 0.717) is 18.0 Å². The highest BCUT2D eigenvalue weighted by Gasteiger charge is 2.36. The quantitative estimate of drug-likeness (QED) is 0.331. The number of rotatable bonds is 4. The van der Waals surface area contributed by atoms with Crippen molar-refractivity contribution in [2.75, 3.05) is 12.4 Å². The molecule has 0 saturated carbocycles. The number of carbonyl (C=O) groups excluding carboxylic acids is 1. The molecular formula is C30H27N5O2. The summed E-state index contributed by atoms with van der Waals surface area (Å²) in [7, 11) is 1.62. The van der Waals surface area contributed by atoms with Gasteiger partial charge in [0.1, 0.15) is 11.6 Å². The summed E-state index contributed by atoms with van der Waals surface area (Å²) >= 11 is 0. The Labute approximate surface area is 215 Å². The third-order valence-electron chi connectivity index (χ3n) is 6.78. The van der Waals surface area contributed by atoms with Crippen LogP contribution in [0.4, 0.5) is 10.5 Å². The number of anilines is 1. The van der Waals surface area contributed by atoms with E-state index in [2.05, 4.69) is 28.1 Å². The van der Waals surface area contributed by atoms with Crippen LogP contribution in [0.5, 0.6) is 5.75 Å². The minimum Gasteiger partial charge on any atom is -0.497 e. The van der Waals surface area contributed by atoms with Gasteiger partial charge in [-0.15, -0.1) is 0 Å². The first-order valence-electron chi connectivity index (χ1n) is 12.2. The van der Waals surface area contributed by atoms with E-state index < -0.39 is 0 Å². The van der Waals surface area contributed by atoms with Gasteiger partial charge in [-0.1, -0.05) is 54.6 Å². The van der Waals surface area contributed by atoms with Gasteiger partial charge in [0, 0.05) is 23.5 Å². The summed E-state index contributed by atoms with van der Waals surface area (Å²) < 4.78 is 9.49. The normalized spacial score (nSPS) is 14.4. The molecule has 1 atom stereocenters. The number of aromatic nitrogens is 3. The number of hydrogen-bond donors (Lipinski definition) is 1. The maximum atomic E-state index is 14.0. The van der Waals surface area contributed by atoms with Crippen molar-refractivity contribution in [3.63, 3.8) is 0 Å². The van der Waals surface area contributed by atoms with Crippen molar-refractivity contribution in [1.29, 1.82) is 0 Å². The molecule has 37 heavy (non-hydrogen) atoms. The van der Waals surface area contributed by atoms with Crippen molar-refractivity contribution < 1.29 is 9.53 Å². The van der Waals surface area contributed by atoms with Crippen molar-refractivity contribution >= 4 is 11.7 Å². The summed E-state index contributed by atoms with van der Waals surface area (Å²) in [6.07, 6.45) is 2.05. The fourth-order valence-corrected chi connectivity index (χ4v) is 5.03. The summed E-state index contributed by atoms with van der Waals surface area (Å²) in [6.45, 7) is 2.40. The molecule has 184 valence electrons. The Balaban J connectivity index is 1.51. The molecule has 2 aromatic heterocycles. The number of hydrogen-bond acceptors (Lipinski definition) is 3. The van der Waals surface area contributed by atoms with Crippen LogP contribution in [0.1, 0.15) is 28.6 Å². The van der Waals surface area contributed by atoms with Crippen molar-refractivity contribution in [2.45, 2.75) is 19.5 Å².